The number of benzene rings is 3. The Bertz CT molecular complexity index is 1220. The molecule has 2 atom stereocenters. The van der Waals surface area contributed by atoms with E-state index >= 15 is 0 Å². The normalized spacial score (nSPS) is 17.6. The van der Waals surface area contributed by atoms with Gasteiger partial charge >= 0.3 is 5.97 Å². The maximum Gasteiger partial charge on any atom is 0.331 e. The van der Waals surface area contributed by atoms with Crippen LogP contribution in [0.15, 0.2) is 66.7 Å². The van der Waals surface area contributed by atoms with E-state index in [-0.39, 0.29) is 28.6 Å². The van der Waals surface area contributed by atoms with Crippen molar-refractivity contribution in [2.45, 2.75) is 12.2 Å². The molecule has 0 radical (unpaired) electrons. The Hall–Kier alpha value is -4.46. The maximum atomic E-state index is 13.1. The Morgan fingerprint density at radius 1 is 0.906 bits per heavy atom. The number of aromatic hydroxyl groups is 4. The molecular formula is C24H18O8. The van der Waals surface area contributed by atoms with Crippen molar-refractivity contribution in [1.29, 1.82) is 0 Å². The van der Waals surface area contributed by atoms with E-state index in [9.17, 15) is 30.0 Å². The molecule has 8 heteroatoms. The molecule has 0 bridgehead atoms. The zero-order valence-electron chi connectivity index (χ0n) is 16.5. The van der Waals surface area contributed by atoms with Crippen LogP contribution in [0.2, 0.25) is 0 Å². The minimum Gasteiger partial charge on any atom is -0.508 e. The number of hydrogen-bond donors (Lipinski definition) is 4. The SMILES string of the molecule is O=C(/C=C/c1ccc(O)c(O)c1)O[C@H]1C(=O)c2c(O)cc(O)cc2O[C@@H]1c1ccccc1. The predicted molar refractivity (Wildman–Crippen MR) is 113 cm³/mol. The van der Waals surface area contributed by atoms with Crippen LogP contribution in [0.1, 0.15) is 27.6 Å². The Morgan fingerprint density at radius 2 is 1.66 bits per heavy atom. The summed E-state index contributed by atoms with van der Waals surface area (Å²) in [6, 6.07) is 14.8. The number of phenolic OH excluding ortho intramolecular Hbond substituents is 4. The van der Waals surface area contributed by atoms with Crippen LogP contribution >= 0.6 is 0 Å². The molecule has 0 aliphatic carbocycles. The van der Waals surface area contributed by atoms with Crippen molar-refractivity contribution in [3.05, 3.63) is 83.4 Å². The first kappa shape index (κ1) is 20.8. The number of phenols is 4. The Labute approximate surface area is 182 Å². The molecule has 4 rings (SSSR count). The fraction of sp³-hybridized carbons (Fsp3) is 0.0833. The van der Waals surface area contributed by atoms with Gasteiger partial charge in [0.15, 0.2) is 17.6 Å². The molecule has 0 aromatic heterocycles. The second-order valence-electron chi connectivity index (χ2n) is 7.09. The number of esters is 1. The fourth-order valence-corrected chi connectivity index (χ4v) is 3.38. The maximum absolute atomic E-state index is 13.1. The van der Waals surface area contributed by atoms with Crippen LogP contribution in [0.5, 0.6) is 28.7 Å². The van der Waals surface area contributed by atoms with Gasteiger partial charge < -0.3 is 29.9 Å². The molecule has 162 valence electrons. The first-order valence-corrected chi connectivity index (χ1v) is 9.56. The van der Waals surface area contributed by atoms with Crippen molar-refractivity contribution >= 4 is 17.8 Å². The van der Waals surface area contributed by atoms with E-state index < -0.39 is 29.7 Å². The van der Waals surface area contributed by atoms with Crippen LogP contribution in [-0.4, -0.2) is 38.3 Å². The molecule has 0 fully saturated rings. The van der Waals surface area contributed by atoms with Gasteiger partial charge in [-0.05, 0) is 29.3 Å². The van der Waals surface area contributed by atoms with Crippen LogP contribution in [0.3, 0.4) is 0 Å². The lowest BCUT2D eigenvalue weighted by Gasteiger charge is -2.32. The van der Waals surface area contributed by atoms with Crippen LogP contribution in [0.4, 0.5) is 0 Å². The summed E-state index contributed by atoms with van der Waals surface area (Å²) in [7, 11) is 0. The van der Waals surface area contributed by atoms with Crippen LogP contribution in [-0.2, 0) is 9.53 Å². The smallest absolute Gasteiger partial charge is 0.331 e. The van der Waals surface area contributed by atoms with Crippen LogP contribution in [0.25, 0.3) is 6.08 Å². The van der Waals surface area contributed by atoms with Crippen molar-refractivity contribution in [3.8, 4) is 28.7 Å². The summed E-state index contributed by atoms with van der Waals surface area (Å²) in [4.78, 5) is 25.6. The molecule has 0 unspecified atom stereocenters. The largest absolute Gasteiger partial charge is 0.508 e. The highest BCUT2D eigenvalue weighted by Crippen LogP contribution is 2.42. The molecular weight excluding hydrogens is 416 g/mol. The van der Waals surface area contributed by atoms with Crippen molar-refractivity contribution in [1.82, 2.24) is 0 Å². The summed E-state index contributed by atoms with van der Waals surface area (Å²) in [6.07, 6.45) is 0.00227. The van der Waals surface area contributed by atoms with Gasteiger partial charge in [0.1, 0.15) is 22.8 Å². The zero-order valence-corrected chi connectivity index (χ0v) is 16.5. The molecule has 0 spiro atoms. The number of hydrogen-bond acceptors (Lipinski definition) is 8. The Balaban J connectivity index is 1.64. The van der Waals surface area contributed by atoms with E-state index in [4.69, 9.17) is 9.47 Å². The van der Waals surface area contributed by atoms with E-state index in [0.717, 1.165) is 12.1 Å². The van der Waals surface area contributed by atoms with E-state index in [1.807, 2.05) is 0 Å². The van der Waals surface area contributed by atoms with Gasteiger partial charge in [0, 0.05) is 18.2 Å². The van der Waals surface area contributed by atoms with E-state index in [1.165, 1.54) is 30.3 Å². The number of Topliss-reactive ketones (excluding diaryl/α,β-unsaturated/α-hetero) is 1. The molecule has 1 aliphatic rings. The fourth-order valence-electron chi connectivity index (χ4n) is 3.38. The third-order valence-corrected chi connectivity index (χ3v) is 4.88. The molecule has 8 nitrogen and oxygen atoms in total. The van der Waals surface area contributed by atoms with Gasteiger partial charge in [0.2, 0.25) is 11.9 Å². The van der Waals surface area contributed by atoms with Crippen LogP contribution in [0, 0.1) is 0 Å². The van der Waals surface area contributed by atoms with Gasteiger partial charge in [0.25, 0.3) is 0 Å². The minimum atomic E-state index is -1.40. The molecule has 4 N–H and O–H groups in total. The summed E-state index contributed by atoms with van der Waals surface area (Å²) < 4.78 is 11.3. The van der Waals surface area contributed by atoms with Crippen molar-refractivity contribution in [2.75, 3.05) is 0 Å². The van der Waals surface area contributed by atoms with Crippen molar-refractivity contribution in [3.63, 3.8) is 0 Å². The average Bonchev–Trinajstić information content (AvgIpc) is 2.76. The lowest BCUT2D eigenvalue weighted by molar-refractivity contribution is -0.145. The Morgan fingerprint density at radius 3 is 2.38 bits per heavy atom. The van der Waals surface area contributed by atoms with Gasteiger partial charge in [-0.1, -0.05) is 36.4 Å². The summed E-state index contributed by atoms with van der Waals surface area (Å²) >= 11 is 0. The van der Waals surface area contributed by atoms with Gasteiger partial charge in [0.05, 0.1) is 0 Å². The number of carbonyl (C=O) groups excluding carboxylic acids is 2. The third kappa shape index (κ3) is 4.06. The second-order valence-corrected chi connectivity index (χ2v) is 7.09. The first-order chi connectivity index (χ1) is 15.3. The molecule has 32 heavy (non-hydrogen) atoms. The molecule has 0 amide bonds. The van der Waals surface area contributed by atoms with Gasteiger partial charge in [-0.2, -0.15) is 0 Å². The van der Waals surface area contributed by atoms with Crippen molar-refractivity contribution in [2.24, 2.45) is 0 Å². The summed E-state index contributed by atoms with van der Waals surface area (Å²) in [5.74, 6) is -2.99. The first-order valence-electron chi connectivity index (χ1n) is 9.56. The lowest BCUT2D eigenvalue weighted by Crippen LogP contribution is -2.39. The van der Waals surface area contributed by atoms with E-state index in [2.05, 4.69) is 0 Å². The predicted octanol–water partition coefficient (Wildman–Crippen LogP) is 3.45. The third-order valence-electron chi connectivity index (χ3n) is 4.88. The van der Waals surface area contributed by atoms with E-state index in [0.29, 0.717) is 11.1 Å². The number of ketones is 1. The summed E-state index contributed by atoms with van der Waals surface area (Å²) in [5.41, 5.74) is 0.779. The van der Waals surface area contributed by atoms with Gasteiger partial charge in [-0.3, -0.25) is 4.79 Å². The van der Waals surface area contributed by atoms with Crippen molar-refractivity contribution < 1.29 is 39.5 Å². The lowest BCUT2D eigenvalue weighted by atomic mass is 9.92. The van der Waals surface area contributed by atoms with Gasteiger partial charge in [-0.25, -0.2) is 4.79 Å². The average molecular weight is 434 g/mol. The number of carbonyl (C=O) groups is 2. The number of fused-ring (bicyclic) bond motifs is 1. The zero-order chi connectivity index (χ0) is 22.8. The quantitative estimate of drug-likeness (QED) is 0.279. The second kappa shape index (κ2) is 8.35. The molecule has 3 aromatic carbocycles. The standard InChI is InChI=1S/C24H18O8/c25-15-11-18(28)21-19(12-15)31-23(14-4-2-1-3-5-14)24(22(21)30)32-20(29)9-7-13-6-8-16(26)17(27)10-13/h1-12,23-28H/b9-7+/t23-,24+/m1/s1. The summed E-state index contributed by atoms with van der Waals surface area (Å²) in [5, 5.41) is 38.8. The number of ether oxygens (including phenoxy) is 2. The molecule has 0 saturated heterocycles. The minimum absolute atomic E-state index is 0.0243. The van der Waals surface area contributed by atoms with Gasteiger partial charge in [-0.15, -0.1) is 0 Å². The Kier molecular flexibility index (Phi) is 5.43. The number of rotatable bonds is 4. The molecule has 3 aromatic rings. The highest BCUT2D eigenvalue weighted by molar-refractivity contribution is 6.07. The van der Waals surface area contributed by atoms with Crippen LogP contribution < -0.4 is 4.74 Å². The monoisotopic (exact) mass is 434 g/mol. The molecule has 1 aliphatic heterocycles. The highest BCUT2D eigenvalue weighted by Gasteiger charge is 2.42. The summed E-state index contributed by atoms with van der Waals surface area (Å²) in [6.45, 7) is 0. The molecule has 0 saturated carbocycles. The molecule has 1 heterocycles. The highest BCUT2D eigenvalue weighted by atomic mass is 16.6. The topological polar surface area (TPSA) is 134 Å². The van der Waals surface area contributed by atoms with E-state index in [1.54, 1.807) is 30.3 Å².